The molecule has 88 valence electrons. The van der Waals surface area contributed by atoms with E-state index in [1.807, 2.05) is 0 Å². The topological polar surface area (TPSA) is 17.1 Å². The monoisotopic (exact) mass is 236 g/mol. The zero-order chi connectivity index (χ0) is 12.0. The molecular formula is C14H20OS. The largest absolute Gasteiger partial charge is 0.298 e. The van der Waals surface area contributed by atoms with Crippen molar-refractivity contribution < 1.29 is 4.79 Å². The summed E-state index contributed by atoms with van der Waals surface area (Å²) in [6, 6.07) is 8.40. The molecule has 0 unspecified atom stereocenters. The lowest BCUT2D eigenvalue weighted by molar-refractivity contribution is -0.116. The van der Waals surface area contributed by atoms with Gasteiger partial charge in [0.05, 0.1) is 5.75 Å². The zero-order valence-electron chi connectivity index (χ0n) is 10.3. The van der Waals surface area contributed by atoms with Crippen LogP contribution in [0.1, 0.15) is 37.8 Å². The number of hydrogen-bond donors (Lipinski definition) is 0. The summed E-state index contributed by atoms with van der Waals surface area (Å²) in [7, 11) is 0. The predicted molar refractivity (Wildman–Crippen MR) is 72.2 cm³/mol. The van der Waals surface area contributed by atoms with E-state index in [0.29, 0.717) is 23.9 Å². The van der Waals surface area contributed by atoms with Gasteiger partial charge in [0.2, 0.25) is 0 Å². The van der Waals surface area contributed by atoms with E-state index in [4.69, 9.17) is 0 Å². The number of carbonyl (C=O) groups is 1. The summed E-state index contributed by atoms with van der Waals surface area (Å²) < 4.78 is 0. The van der Waals surface area contributed by atoms with E-state index in [1.165, 1.54) is 5.56 Å². The van der Waals surface area contributed by atoms with E-state index >= 15 is 0 Å². The van der Waals surface area contributed by atoms with Crippen LogP contribution in [0.4, 0.5) is 0 Å². The van der Waals surface area contributed by atoms with Gasteiger partial charge in [0, 0.05) is 6.42 Å². The molecule has 0 aliphatic heterocycles. The van der Waals surface area contributed by atoms with Gasteiger partial charge >= 0.3 is 0 Å². The summed E-state index contributed by atoms with van der Waals surface area (Å²) in [6.45, 7) is 6.44. The molecule has 2 heteroatoms. The minimum absolute atomic E-state index is 0.323. The summed E-state index contributed by atoms with van der Waals surface area (Å²) in [4.78, 5) is 11.6. The summed E-state index contributed by atoms with van der Waals surface area (Å²) in [6.07, 6.45) is 0.575. The quantitative estimate of drug-likeness (QED) is 0.749. The number of hydrogen-bond acceptors (Lipinski definition) is 2. The van der Waals surface area contributed by atoms with Crippen LogP contribution in [-0.4, -0.2) is 17.3 Å². The Hall–Kier alpha value is -0.760. The molecule has 0 aliphatic rings. The minimum atomic E-state index is 0.323. The first kappa shape index (κ1) is 13.3. The molecule has 0 spiro atoms. The number of ketones is 1. The molecule has 1 nitrogen and oxygen atoms in total. The van der Waals surface area contributed by atoms with Gasteiger partial charge in [-0.25, -0.2) is 0 Å². The van der Waals surface area contributed by atoms with Crippen molar-refractivity contribution in [2.24, 2.45) is 0 Å². The van der Waals surface area contributed by atoms with Gasteiger partial charge in [-0.1, -0.05) is 45.0 Å². The summed E-state index contributed by atoms with van der Waals surface area (Å²) in [5.41, 5.74) is 2.46. The summed E-state index contributed by atoms with van der Waals surface area (Å²) in [5.74, 6) is 2.53. The van der Waals surface area contributed by atoms with Crippen LogP contribution < -0.4 is 0 Å². The maximum absolute atomic E-state index is 11.6. The summed E-state index contributed by atoms with van der Waals surface area (Å²) >= 11 is 1.69. The molecule has 0 atom stereocenters. The fourth-order valence-corrected chi connectivity index (χ4v) is 2.05. The molecule has 0 saturated heterocycles. The number of Topliss-reactive ketones (excluding diaryl/α,β-unsaturated/α-hetero) is 1. The molecule has 1 rings (SSSR count). The van der Waals surface area contributed by atoms with Gasteiger partial charge in [-0.3, -0.25) is 4.79 Å². The van der Waals surface area contributed by atoms with Crippen LogP contribution in [-0.2, 0) is 11.2 Å². The molecule has 0 fully saturated rings. The predicted octanol–water partition coefficient (Wildman–Crippen LogP) is 3.67. The second kappa shape index (κ2) is 6.74. The second-order valence-electron chi connectivity index (χ2n) is 4.25. The van der Waals surface area contributed by atoms with Crippen molar-refractivity contribution in [3.63, 3.8) is 0 Å². The van der Waals surface area contributed by atoms with Crippen molar-refractivity contribution in [3.05, 3.63) is 35.4 Å². The number of benzene rings is 1. The third-order valence-electron chi connectivity index (χ3n) is 2.51. The van der Waals surface area contributed by atoms with Crippen LogP contribution in [0.15, 0.2) is 24.3 Å². The Labute approximate surface area is 103 Å². The Kier molecular flexibility index (Phi) is 5.61. The molecule has 0 N–H and O–H groups in total. The van der Waals surface area contributed by atoms with Gasteiger partial charge < -0.3 is 0 Å². The molecule has 16 heavy (non-hydrogen) atoms. The van der Waals surface area contributed by atoms with Crippen molar-refractivity contribution in [2.75, 3.05) is 11.5 Å². The third kappa shape index (κ3) is 4.40. The highest BCUT2D eigenvalue weighted by atomic mass is 32.2. The number of rotatable bonds is 6. The van der Waals surface area contributed by atoms with Crippen LogP contribution in [0.5, 0.6) is 0 Å². The standard InChI is InChI=1S/C14H20OS/c1-4-16-10-14(15)9-12-5-7-13(8-6-12)11(2)3/h5-8,11H,4,9-10H2,1-3H3. The van der Waals surface area contributed by atoms with Crippen LogP contribution in [0.3, 0.4) is 0 Å². The van der Waals surface area contributed by atoms with Gasteiger partial charge in [0.1, 0.15) is 5.78 Å². The highest BCUT2D eigenvalue weighted by Crippen LogP contribution is 2.15. The first-order chi connectivity index (χ1) is 7.63. The van der Waals surface area contributed by atoms with E-state index in [9.17, 15) is 4.79 Å². The minimum Gasteiger partial charge on any atom is -0.298 e. The lowest BCUT2D eigenvalue weighted by Gasteiger charge is -2.06. The Balaban J connectivity index is 2.51. The van der Waals surface area contributed by atoms with Gasteiger partial charge in [0.25, 0.3) is 0 Å². The Morgan fingerprint density at radius 2 is 1.88 bits per heavy atom. The van der Waals surface area contributed by atoms with E-state index in [0.717, 1.165) is 11.3 Å². The Morgan fingerprint density at radius 1 is 1.25 bits per heavy atom. The maximum atomic E-state index is 11.6. The van der Waals surface area contributed by atoms with Crippen LogP contribution in [0.25, 0.3) is 0 Å². The molecule has 0 aliphatic carbocycles. The molecule has 1 aromatic rings. The number of carbonyl (C=O) groups excluding carboxylic acids is 1. The van der Waals surface area contributed by atoms with Gasteiger partial charge in [-0.15, -0.1) is 0 Å². The van der Waals surface area contributed by atoms with E-state index in [2.05, 4.69) is 45.0 Å². The lowest BCUT2D eigenvalue weighted by atomic mass is 10.0. The van der Waals surface area contributed by atoms with Gasteiger partial charge in [0.15, 0.2) is 0 Å². The van der Waals surface area contributed by atoms with E-state index < -0.39 is 0 Å². The highest BCUT2D eigenvalue weighted by Gasteiger charge is 2.04. The van der Waals surface area contributed by atoms with Crippen molar-refractivity contribution in [1.82, 2.24) is 0 Å². The average Bonchev–Trinajstić information content (AvgIpc) is 2.27. The second-order valence-corrected chi connectivity index (χ2v) is 5.52. The SMILES string of the molecule is CCSCC(=O)Cc1ccc(C(C)C)cc1. The molecule has 0 amide bonds. The van der Waals surface area contributed by atoms with Gasteiger partial charge in [-0.05, 0) is 22.8 Å². The van der Waals surface area contributed by atoms with Crippen LogP contribution >= 0.6 is 11.8 Å². The van der Waals surface area contributed by atoms with Crippen molar-refractivity contribution in [1.29, 1.82) is 0 Å². The van der Waals surface area contributed by atoms with Crippen molar-refractivity contribution >= 4 is 17.5 Å². The van der Waals surface area contributed by atoms with E-state index in [1.54, 1.807) is 11.8 Å². The molecule has 0 bridgehead atoms. The first-order valence-electron chi connectivity index (χ1n) is 5.81. The molecule has 0 saturated carbocycles. The summed E-state index contributed by atoms with van der Waals surface area (Å²) in [5, 5.41) is 0. The normalized spacial score (nSPS) is 10.8. The highest BCUT2D eigenvalue weighted by molar-refractivity contribution is 7.99. The molecular weight excluding hydrogens is 216 g/mol. The fraction of sp³-hybridized carbons (Fsp3) is 0.500. The molecule has 0 heterocycles. The molecule has 1 aromatic carbocycles. The molecule has 0 radical (unpaired) electrons. The Bertz CT molecular complexity index is 327. The zero-order valence-corrected chi connectivity index (χ0v) is 11.1. The van der Waals surface area contributed by atoms with E-state index in [-0.39, 0.29) is 0 Å². The Morgan fingerprint density at radius 3 is 2.38 bits per heavy atom. The third-order valence-corrected chi connectivity index (χ3v) is 3.45. The maximum Gasteiger partial charge on any atom is 0.147 e. The number of thioether (sulfide) groups is 1. The van der Waals surface area contributed by atoms with Crippen molar-refractivity contribution in [2.45, 2.75) is 33.1 Å². The first-order valence-corrected chi connectivity index (χ1v) is 6.97. The molecule has 0 aromatic heterocycles. The van der Waals surface area contributed by atoms with Crippen molar-refractivity contribution in [3.8, 4) is 0 Å². The smallest absolute Gasteiger partial charge is 0.147 e. The van der Waals surface area contributed by atoms with Crippen LogP contribution in [0.2, 0.25) is 0 Å². The van der Waals surface area contributed by atoms with Crippen LogP contribution in [0, 0.1) is 0 Å². The van der Waals surface area contributed by atoms with Gasteiger partial charge in [-0.2, -0.15) is 11.8 Å². The average molecular weight is 236 g/mol. The fourth-order valence-electron chi connectivity index (χ4n) is 1.51. The lowest BCUT2D eigenvalue weighted by Crippen LogP contribution is -2.06.